The number of carboxylic acids is 1. The second-order valence-electron chi connectivity index (χ2n) is 7.20. The van der Waals surface area contributed by atoms with Crippen molar-refractivity contribution in [3.05, 3.63) is 59.4 Å². The van der Waals surface area contributed by atoms with Gasteiger partial charge in [-0.15, -0.1) is 0 Å². The third-order valence-corrected chi connectivity index (χ3v) is 6.16. The zero-order chi connectivity index (χ0) is 21.1. The molecule has 0 spiro atoms. The van der Waals surface area contributed by atoms with Crippen molar-refractivity contribution in [2.24, 2.45) is 5.41 Å². The van der Waals surface area contributed by atoms with E-state index in [0.29, 0.717) is 11.3 Å². The molecule has 2 N–H and O–H groups in total. The number of carbonyl (C=O) groups excluding carboxylic acids is 1. The molecule has 2 rings (SSSR count). The van der Waals surface area contributed by atoms with Crippen molar-refractivity contribution in [3.63, 3.8) is 0 Å². The van der Waals surface area contributed by atoms with Crippen molar-refractivity contribution in [2.75, 3.05) is 11.1 Å². The van der Waals surface area contributed by atoms with Crippen molar-refractivity contribution in [1.82, 2.24) is 0 Å². The number of carbonyl (C=O) groups is 2. The molecule has 0 unspecified atom stereocenters. The van der Waals surface area contributed by atoms with Crippen LogP contribution in [-0.2, 0) is 14.6 Å². The van der Waals surface area contributed by atoms with Gasteiger partial charge in [0.2, 0.25) is 0 Å². The van der Waals surface area contributed by atoms with Crippen LogP contribution < -0.4 is 5.32 Å². The molecule has 0 saturated heterocycles. The first-order valence-electron chi connectivity index (χ1n) is 8.56. The van der Waals surface area contributed by atoms with Crippen molar-refractivity contribution in [1.29, 1.82) is 0 Å². The Kier molecular flexibility index (Phi) is 6.23. The zero-order valence-electron chi connectivity index (χ0n) is 15.8. The summed E-state index contributed by atoms with van der Waals surface area (Å²) in [5.74, 6) is -2.36. The van der Waals surface area contributed by atoms with Crippen LogP contribution in [0.25, 0.3) is 0 Å². The fourth-order valence-corrected chi connectivity index (χ4v) is 3.98. The van der Waals surface area contributed by atoms with Gasteiger partial charge in [0.05, 0.1) is 16.1 Å². The molecular weight excluding hydrogens is 385 g/mol. The number of halogens is 1. The van der Waals surface area contributed by atoms with E-state index in [1.54, 1.807) is 6.92 Å². The van der Waals surface area contributed by atoms with Gasteiger partial charge >= 0.3 is 5.97 Å². The maximum Gasteiger partial charge on any atom is 0.309 e. The van der Waals surface area contributed by atoms with Crippen LogP contribution in [0.5, 0.6) is 0 Å². The van der Waals surface area contributed by atoms with E-state index in [4.69, 9.17) is 5.11 Å². The molecule has 0 aliphatic carbocycles. The minimum Gasteiger partial charge on any atom is -0.481 e. The molecule has 2 aromatic carbocycles. The van der Waals surface area contributed by atoms with Crippen molar-refractivity contribution >= 4 is 27.4 Å². The summed E-state index contributed by atoms with van der Waals surface area (Å²) in [6.45, 7) is 4.48. The number of amides is 1. The largest absolute Gasteiger partial charge is 0.481 e. The molecule has 0 aromatic heterocycles. The van der Waals surface area contributed by atoms with Gasteiger partial charge in [-0.05, 0) is 69.2 Å². The Morgan fingerprint density at radius 2 is 1.82 bits per heavy atom. The SMILES string of the molecule is Cc1cc(NC(=O)c2cccc(S(=O)(=O)CCC(C)(C)C(=O)O)c2)ccc1F. The lowest BCUT2D eigenvalue weighted by Crippen LogP contribution is -2.26. The van der Waals surface area contributed by atoms with E-state index < -0.39 is 32.9 Å². The van der Waals surface area contributed by atoms with E-state index in [1.165, 1.54) is 56.3 Å². The Hall–Kier alpha value is -2.74. The highest BCUT2D eigenvalue weighted by Crippen LogP contribution is 2.24. The van der Waals surface area contributed by atoms with Gasteiger partial charge in [0.15, 0.2) is 9.84 Å². The highest BCUT2D eigenvalue weighted by atomic mass is 32.2. The average molecular weight is 407 g/mol. The summed E-state index contributed by atoms with van der Waals surface area (Å²) >= 11 is 0. The molecule has 0 saturated carbocycles. The summed E-state index contributed by atoms with van der Waals surface area (Å²) in [6.07, 6.45) is -0.0596. The highest BCUT2D eigenvalue weighted by Gasteiger charge is 2.30. The van der Waals surface area contributed by atoms with Crippen LogP contribution in [0.3, 0.4) is 0 Å². The standard InChI is InChI=1S/C20H22FNO5S/c1-13-11-15(7-8-17(13)21)22-18(23)14-5-4-6-16(12-14)28(26,27)10-9-20(2,3)19(24)25/h4-8,11-12H,9-10H2,1-3H3,(H,22,23)(H,24,25). The minimum atomic E-state index is -3.76. The number of anilines is 1. The summed E-state index contributed by atoms with van der Waals surface area (Å²) in [6, 6.07) is 9.63. The van der Waals surface area contributed by atoms with E-state index in [9.17, 15) is 22.4 Å². The Morgan fingerprint density at radius 1 is 1.14 bits per heavy atom. The lowest BCUT2D eigenvalue weighted by molar-refractivity contribution is -0.146. The monoisotopic (exact) mass is 407 g/mol. The summed E-state index contributed by atoms with van der Waals surface area (Å²) < 4.78 is 38.4. The van der Waals surface area contributed by atoms with Gasteiger partial charge in [0, 0.05) is 11.3 Å². The van der Waals surface area contributed by atoms with Crippen LogP contribution in [0.15, 0.2) is 47.4 Å². The molecular formula is C20H22FNO5S. The second kappa shape index (κ2) is 8.10. The molecule has 8 heteroatoms. The first-order chi connectivity index (χ1) is 12.9. The predicted molar refractivity (Wildman–Crippen MR) is 104 cm³/mol. The lowest BCUT2D eigenvalue weighted by Gasteiger charge is -2.18. The van der Waals surface area contributed by atoms with Crippen molar-refractivity contribution in [3.8, 4) is 0 Å². The topological polar surface area (TPSA) is 101 Å². The number of nitrogens with one attached hydrogen (secondary N) is 1. The molecule has 0 atom stereocenters. The minimum absolute atomic E-state index is 0.0587. The van der Waals surface area contributed by atoms with Gasteiger partial charge in [0.25, 0.3) is 5.91 Å². The van der Waals surface area contributed by atoms with Gasteiger partial charge in [-0.3, -0.25) is 9.59 Å². The van der Waals surface area contributed by atoms with E-state index in [2.05, 4.69) is 5.32 Å². The summed E-state index contributed by atoms with van der Waals surface area (Å²) in [7, 11) is -3.76. The van der Waals surface area contributed by atoms with Crippen LogP contribution in [-0.4, -0.2) is 31.2 Å². The molecule has 0 fully saturated rings. The normalized spacial score (nSPS) is 11.9. The maximum absolute atomic E-state index is 13.3. The van der Waals surface area contributed by atoms with E-state index in [-0.39, 0.29) is 22.6 Å². The Bertz CT molecular complexity index is 1020. The number of aryl methyl sites for hydroxylation is 1. The highest BCUT2D eigenvalue weighted by molar-refractivity contribution is 7.91. The molecule has 28 heavy (non-hydrogen) atoms. The molecule has 2 aromatic rings. The third-order valence-electron chi connectivity index (χ3n) is 4.45. The quantitative estimate of drug-likeness (QED) is 0.729. The van der Waals surface area contributed by atoms with Crippen LogP contribution in [0, 0.1) is 18.2 Å². The molecule has 150 valence electrons. The van der Waals surface area contributed by atoms with Gasteiger partial charge in [-0.25, -0.2) is 12.8 Å². The summed E-state index contributed by atoms with van der Waals surface area (Å²) in [5.41, 5.74) is -0.293. The summed E-state index contributed by atoms with van der Waals surface area (Å²) in [5, 5.41) is 11.7. The molecule has 0 aliphatic rings. The van der Waals surface area contributed by atoms with Crippen LogP contribution in [0.1, 0.15) is 36.2 Å². The van der Waals surface area contributed by atoms with Gasteiger partial charge in [0.1, 0.15) is 5.82 Å². The van der Waals surface area contributed by atoms with Crippen molar-refractivity contribution < 1.29 is 27.5 Å². The molecule has 0 radical (unpaired) electrons. The Morgan fingerprint density at radius 3 is 2.43 bits per heavy atom. The van der Waals surface area contributed by atoms with Crippen LogP contribution >= 0.6 is 0 Å². The maximum atomic E-state index is 13.3. The van der Waals surface area contributed by atoms with Gasteiger partial charge in [-0.1, -0.05) is 6.07 Å². The number of hydrogen-bond donors (Lipinski definition) is 2. The van der Waals surface area contributed by atoms with E-state index in [0.717, 1.165) is 0 Å². The number of sulfone groups is 1. The number of aliphatic carboxylic acids is 1. The van der Waals surface area contributed by atoms with Crippen LogP contribution in [0.4, 0.5) is 10.1 Å². The second-order valence-corrected chi connectivity index (χ2v) is 9.31. The van der Waals surface area contributed by atoms with Crippen molar-refractivity contribution in [2.45, 2.75) is 32.1 Å². The molecule has 6 nitrogen and oxygen atoms in total. The molecule has 1 amide bonds. The first-order valence-corrected chi connectivity index (χ1v) is 10.2. The third kappa shape index (κ3) is 5.16. The number of benzene rings is 2. The number of carboxylic acid groups (broad SMARTS) is 1. The van der Waals surface area contributed by atoms with Gasteiger partial charge in [-0.2, -0.15) is 0 Å². The molecule has 0 bridgehead atoms. The lowest BCUT2D eigenvalue weighted by atomic mass is 9.91. The van der Waals surface area contributed by atoms with E-state index in [1.807, 2.05) is 0 Å². The van der Waals surface area contributed by atoms with E-state index >= 15 is 0 Å². The van der Waals surface area contributed by atoms with Crippen LogP contribution in [0.2, 0.25) is 0 Å². The first kappa shape index (κ1) is 21.6. The smallest absolute Gasteiger partial charge is 0.309 e. The average Bonchev–Trinajstić information content (AvgIpc) is 2.63. The zero-order valence-corrected chi connectivity index (χ0v) is 16.6. The Labute approximate surface area is 163 Å². The number of rotatable bonds is 7. The predicted octanol–water partition coefficient (Wildman–Crippen LogP) is 3.66. The van der Waals surface area contributed by atoms with Gasteiger partial charge < -0.3 is 10.4 Å². The summed E-state index contributed by atoms with van der Waals surface area (Å²) in [4.78, 5) is 23.5. The Balaban J connectivity index is 2.19. The molecule has 0 heterocycles. The fourth-order valence-electron chi connectivity index (χ4n) is 2.37. The number of hydrogen-bond acceptors (Lipinski definition) is 4. The molecule has 0 aliphatic heterocycles. The fraction of sp³-hybridized carbons (Fsp3) is 0.300.